The van der Waals surface area contributed by atoms with Gasteiger partial charge in [0.15, 0.2) is 0 Å². The fourth-order valence-corrected chi connectivity index (χ4v) is 1.90. The molecule has 0 aromatic heterocycles. The molecule has 0 fully saturated rings. The lowest BCUT2D eigenvalue weighted by Crippen LogP contribution is -2.07. The Bertz CT molecular complexity index is 589. The van der Waals surface area contributed by atoms with Gasteiger partial charge in [0, 0.05) is 12.6 Å². The third-order valence-electron chi connectivity index (χ3n) is 2.89. The van der Waals surface area contributed by atoms with Crippen molar-refractivity contribution < 1.29 is 19.0 Å². The zero-order valence-electron chi connectivity index (χ0n) is 11.8. The molecule has 112 valence electrons. The number of benzene rings is 2. The monoisotopic (exact) mass is 291 g/mol. The number of halogens is 1. The van der Waals surface area contributed by atoms with E-state index in [1.54, 1.807) is 19.2 Å². The van der Waals surface area contributed by atoms with E-state index in [9.17, 15) is 4.39 Å². The summed E-state index contributed by atoms with van der Waals surface area (Å²) < 4.78 is 23.9. The molecule has 0 atom stereocenters. The Hall–Kier alpha value is -2.27. The average Bonchev–Trinajstić information content (AvgIpc) is 2.51. The van der Waals surface area contributed by atoms with E-state index in [0.717, 1.165) is 11.3 Å². The zero-order chi connectivity index (χ0) is 15.1. The maximum atomic E-state index is 13.1. The SMILES string of the molecule is COc1ccc(COc2cccc(F)c2)cc1NCCO. The van der Waals surface area contributed by atoms with Gasteiger partial charge in [-0.15, -0.1) is 0 Å². The van der Waals surface area contributed by atoms with Crippen molar-refractivity contribution in [1.29, 1.82) is 0 Å². The highest BCUT2D eigenvalue weighted by molar-refractivity contribution is 5.58. The second kappa shape index (κ2) is 7.50. The number of hydrogen-bond acceptors (Lipinski definition) is 4. The molecule has 0 unspecified atom stereocenters. The Kier molecular flexibility index (Phi) is 5.40. The Morgan fingerprint density at radius 1 is 1.19 bits per heavy atom. The van der Waals surface area contributed by atoms with E-state index in [-0.39, 0.29) is 12.4 Å². The molecule has 2 aromatic carbocycles. The summed E-state index contributed by atoms with van der Waals surface area (Å²) in [4.78, 5) is 0. The molecule has 0 aliphatic heterocycles. The Labute approximate surface area is 123 Å². The van der Waals surface area contributed by atoms with Crippen molar-refractivity contribution >= 4 is 5.69 Å². The Balaban J connectivity index is 2.06. The molecule has 0 spiro atoms. The van der Waals surface area contributed by atoms with Crippen LogP contribution < -0.4 is 14.8 Å². The van der Waals surface area contributed by atoms with Crippen LogP contribution >= 0.6 is 0 Å². The minimum Gasteiger partial charge on any atom is -0.495 e. The smallest absolute Gasteiger partial charge is 0.141 e. The lowest BCUT2D eigenvalue weighted by atomic mass is 10.2. The number of hydrogen-bond donors (Lipinski definition) is 2. The number of aliphatic hydroxyl groups excluding tert-OH is 1. The van der Waals surface area contributed by atoms with Gasteiger partial charge in [-0.2, -0.15) is 0 Å². The van der Waals surface area contributed by atoms with E-state index in [1.165, 1.54) is 12.1 Å². The molecule has 0 heterocycles. The van der Waals surface area contributed by atoms with E-state index in [2.05, 4.69) is 5.32 Å². The molecule has 0 saturated carbocycles. The van der Waals surface area contributed by atoms with Crippen LogP contribution in [0.5, 0.6) is 11.5 Å². The lowest BCUT2D eigenvalue weighted by Gasteiger charge is -2.13. The highest BCUT2D eigenvalue weighted by Gasteiger charge is 2.05. The van der Waals surface area contributed by atoms with Crippen LogP contribution in [0.1, 0.15) is 5.56 Å². The van der Waals surface area contributed by atoms with E-state index in [1.807, 2.05) is 18.2 Å². The van der Waals surface area contributed by atoms with Crippen molar-refractivity contribution in [2.24, 2.45) is 0 Å². The van der Waals surface area contributed by atoms with Crippen molar-refractivity contribution in [3.8, 4) is 11.5 Å². The number of nitrogens with one attached hydrogen (secondary N) is 1. The molecule has 2 N–H and O–H groups in total. The molecule has 5 heteroatoms. The van der Waals surface area contributed by atoms with Crippen molar-refractivity contribution in [2.75, 3.05) is 25.6 Å². The highest BCUT2D eigenvalue weighted by atomic mass is 19.1. The first-order valence-corrected chi connectivity index (χ1v) is 6.63. The molecule has 2 aromatic rings. The maximum absolute atomic E-state index is 13.1. The standard InChI is InChI=1S/C16H18FNO3/c1-20-16-6-5-12(9-15(16)18-7-8-19)11-21-14-4-2-3-13(17)10-14/h2-6,9-10,18-19H,7-8,11H2,1H3. The number of methoxy groups -OCH3 is 1. The van der Waals surface area contributed by atoms with Crippen LogP contribution in [-0.2, 0) is 6.61 Å². The van der Waals surface area contributed by atoms with Crippen LogP contribution in [0.3, 0.4) is 0 Å². The van der Waals surface area contributed by atoms with Gasteiger partial charge in [-0.1, -0.05) is 12.1 Å². The molecule has 0 saturated heterocycles. The normalized spacial score (nSPS) is 10.2. The van der Waals surface area contributed by atoms with Crippen LogP contribution in [0, 0.1) is 5.82 Å². The summed E-state index contributed by atoms with van der Waals surface area (Å²) in [5.74, 6) is 0.848. The Morgan fingerprint density at radius 2 is 2.05 bits per heavy atom. The molecule has 2 rings (SSSR count). The number of rotatable bonds is 7. The number of anilines is 1. The van der Waals surface area contributed by atoms with Crippen molar-refractivity contribution in [3.05, 3.63) is 53.8 Å². The first-order chi connectivity index (χ1) is 10.2. The fraction of sp³-hybridized carbons (Fsp3) is 0.250. The topological polar surface area (TPSA) is 50.7 Å². The van der Waals surface area contributed by atoms with E-state index < -0.39 is 0 Å². The molecule has 0 aliphatic carbocycles. The minimum absolute atomic E-state index is 0.0349. The maximum Gasteiger partial charge on any atom is 0.141 e. The first kappa shape index (κ1) is 15.1. The van der Waals surface area contributed by atoms with Crippen LogP contribution in [-0.4, -0.2) is 25.4 Å². The van der Waals surface area contributed by atoms with E-state index in [0.29, 0.717) is 24.7 Å². The van der Waals surface area contributed by atoms with Crippen molar-refractivity contribution in [2.45, 2.75) is 6.61 Å². The van der Waals surface area contributed by atoms with Gasteiger partial charge < -0.3 is 19.9 Å². The van der Waals surface area contributed by atoms with Crippen LogP contribution in [0.4, 0.5) is 10.1 Å². The van der Waals surface area contributed by atoms with Crippen LogP contribution in [0.25, 0.3) is 0 Å². The van der Waals surface area contributed by atoms with Gasteiger partial charge in [-0.3, -0.25) is 0 Å². The summed E-state index contributed by atoms with van der Waals surface area (Å²) in [5, 5.41) is 11.9. The second-order valence-electron chi connectivity index (χ2n) is 4.43. The quantitative estimate of drug-likeness (QED) is 0.823. The predicted molar refractivity (Wildman–Crippen MR) is 79.3 cm³/mol. The first-order valence-electron chi connectivity index (χ1n) is 6.63. The van der Waals surface area contributed by atoms with Gasteiger partial charge in [0.2, 0.25) is 0 Å². The molecular formula is C16H18FNO3. The zero-order valence-corrected chi connectivity index (χ0v) is 11.8. The lowest BCUT2D eigenvalue weighted by molar-refractivity contribution is 0.304. The van der Waals surface area contributed by atoms with Gasteiger partial charge in [0.25, 0.3) is 0 Å². The molecule has 0 bridgehead atoms. The van der Waals surface area contributed by atoms with Gasteiger partial charge in [-0.05, 0) is 29.8 Å². The third-order valence-corrected chi connectivity index (χ3v) is 2.89. The molecule has 21 heavy (non-hydrogen) atoms. The van der Waals surface area contributed by atoms with Crippen molar-refractivity contribution in [3.63, 3.8) is 0 Å². The largest absolute Gasteiger partial charge is 0.495 e. The average molecular weight is 291 g/mol. The molecule has 4 nitrogen and oxygen atoms in total. The van der Waals surface area contributed by atoms with Gasteiger partial charge >= 0.3 is 0 Å². The van der Waals surface area contributed by atoms with Gasteiger partial charge in [0.1, 0.15) is 23.9 Å². The number of ether oxygens (including phenoxy) is 2. The third kappa shape index (κ3) is 4.36. The molecule has 0 radical (unpaired) electrons. The molecule has 0 aliphatic rings. The summed E-state index contributed by atoms with van der Waals surface area (Å²) in [6.45, 7) is 0.791. The van der Waals surface area contributed by atoms with E-state index in [4.69, 9.17) is 14.6 Å². The van der Waals surface area contributed by atoms with Crippen molar-refractivity contribution in [1.82, 2.24) is 0 Å². The van der Waals surface area contributed by atoms with Crippen LogP contribution in [0.15, 0.2) is 42.5 Å². The minimum atomic E-state index is -0.326. The molecular weight excluding hydrogens is 273 g/mol. The fourth-order valence-electron chi connectivity index (χ4n) is 1.90. The summed E-state index contributed by atoms with van der Waals surface area (Å²) in [7, 11) is 1.59. The van der Waals surface area contributed by atoms with Gasteiger partial charge in [-0.25, -0.2) is 4.39 Å². The van der Waals surface area contributed by atoms with E-state index >= 15 is 0 Å². The summed E-state index contributed by atoms with van der Waals surface area (Å²) in [6, 6.07) is 11.6. The molecule has 0 amide bonds. The summed E-state index contributed by atoms with van der Waals surface area (Å²) in [6.07, 6.45) is 0. The second-order valence-corrected chi connectivity index (χ2v) is 4.43. The van der Waals surface area contributed by atoms with Gasteiger partial charge in [0.05, 0.1) is 19.4 Å². The van der Waals surface area contributed by atoms with Crippen LogP contribution in [0.2, 0.25) is 0 Å². The highest BCUT2D eigenvalue weighted by Crippen LogP contribution is 2.26. The Morgan fingerprint density at radius 3 is 2.76 bits per heavy atom. The number of aliphatic hydroxyl groups is 1. The summed E-state index contributed by atoms with van der Waals surface area (Å²) in [5.41, 5.74) is 1.70. The summed E-state index contributed by atoms with van der Waals surface area (Å²) >= 11 is 0. The predicted octanol–water partition coefficient (Wildman–Crippen LogP) is 2.82.